The first-order valence-electron chi connectivity index (χ1n) is 5.39. The molecule has 0 radical (unpaired) electrons. The number of nitrogens with zero attached hydrogens (tertiary/aromatic N) is 2. The Kier molecular flexibility index (Phi) is 3.62. The summed E-state index contributed by atoms with van der Waals surface area (Å²) in [6.45, 7) is 2.14. The highest BCUT2D eigenvalue weighted by molar-refractivity contribution is 7.98. The molecule has 1 aromatic heterocycles. The van der Waals surface area contributed by atoms with E-state index in [4.69, 9.17) is 0 Å². The largest absolute Gasteiger partial charge is 0.263 e. The van der Waals surface area contributed by atoms with Crippen molar-refractivity contribution in [3.05, 3.63) is 30.1 Å². The van der Waals surface area contributed by atoms with Crippen molar-refractivity contribution < 1.29 is 0 Å². The molecule has 0 aliphatic rings. The first kappa shape index (κ1) is 11.2. The molecule has 2 rings (SSSR count). The van der Waals surface area contributed by atoms with Crippen LogP contribution < -0.4 is 0 Å². The summed E-state index contributed by atoms with van der Waals surface area (Å²) >= 11 is 1.72. The van der Waals surface area contributed by atoms with Crippen molar-refractivity contribution in [3.8, 4) is 11.4 Å². The van der Waals surface area contributed by atoms with Crippen LogP contribution in [0.3, 0.4) is 0 Å². The van der Waals surface area contributed by atoms with Gasteiger partial charge in [0.25, 0.3) is 0 Å². The number of benzene rings is 1. The zero-order valence-electron chi connectivity index (χ0n) is 9.53. The second kappa shape index (κ2) is 5.16. The molecule has 0 spiro atoms. The normalized spacial score (nSPS) is 10.6. The van der Waals surface area contributed by atoms with Crippen LogP contribution in [0, 0.1) is 0 Å². The fourth-order valence-corrected chi connectivity index (χ4v) is 2.19. The molecule has 2 aromatic rings. The third-order valence-electron chi connectivity index (χ3n) is 2.37. The molecule has 84 valence electrons. The van der Waals surface area contributed by atoms with Gasteiger partial charge in [-0.1, -0.05) is 19.1 Å². The van der Waals surface area contributed by atoms with Crippen molar-refractivity contribution in [1.82, 2.24) is 15.2 Å². The van der Waals surface area contributed by atoms with Crippen LogP contribution >= 0.6 is 11.8 Å². The lowest BCUT2D eigenvalue weighted by Crippen LogP contribution is -1.86. The molecule has 0 aliphatic carbocycles. The van der Waals surface area contributed by atoms with Crippen molar-refractivity contribution in [3.63, 3.8) is 0 Å². The maximum absolute atomic E-state index is 4.50. The molecule has 1 N–H and O–H groups in total. The van der Waals surface area contributed by atoms with Crippen LogP contribution in [0.15, 0.2) is 29.2 Å². The number of hydrogen-bond donors (Lipinski definition) is 1. The van der Waals surface area contributed by atoms with Gasteiger partial charge in [0.1, 0.15) is 5.82 Å². The summed E-state index contributed by atoms with van der Waals surface area (Å²) in [6, 6.07) is 8.21. The quantitative estimate of drug-likeness (QED) is 0.825. The van der Waals surface area contributed by atoms with Gasteiger partial charge in [0.05, 0.1) is 0 Å². The Hall–Kier alpha value is -1.29. The Morgan fingerprint density at radius 3 is 2.88 bits per heavy atom. The summed E-state index contributed by atoms with van der Waals surface area (Å²) < 4.78 is 0. The van der Waals surface area contributed by atoms with E-state index in [0.29, 0.717) is 0 Å². The van der Waals surface area contributed by atoms with Crippen molar-refractivity contribution in [2.24, 2.45) is 0 Å². The summed E-state index contributed by atoms with van der Waals surface area (Å²) in [5.41, 5.74) is 1.11. The van der Waals surface area contributed by atoms with Crippen molar-refractivity contribution >= 4 is 11.8 Å². The SMILES string of the molecule is CCCc1nc(-c2ccccc2SC)n[nH]1. The van der Waals surface area contributed by atoms with Gasteiger partial charge in [0, 0.05) is 16.9 Å². The molecule has 0 atom stereocenters. The van der Waals surface area contributed by atoms with Gasteiger partial charge >= 0.3 is 0 Å². The third-order valence-corrected chi connectivity index (χ3v) is 3.16. The van der Waals surface area contributed by atoms with Crippen LogP contribution in [0.25, 0.3) is 11.4 Å². The van der Waals surface area contributed by atoms with E-state index in [0.717, 1.165) is 30.1 Å². The fourth-order valence-electron chi connectivity index (χ4n) is 1.59. The molecule has 0 bridgehead atoms. The van der Waals surface area contributed by atoms with Gasteiger partial charge < -0.3 is 0 Å². The standard InChI is InChI=1S/C12H15N3S/c1-3-6-11-13-12(15-14-11)9-7-4-5-8-10(9)16-2/h4-5,7-8H,3,6H2,1-2H3,(H,13,14,15). The smallest absolute Gasteiger partial charge is 0.182 e. The van der Waals surface area contributed by atoms with Crippen LogP contribution in [0.5, 0.6) is 0 Å². The minimum Gasteiger partial charge on any atom is -0.263 e. The topological polar surface area (TPSA) is 41.6 Å². The lowest BCUT2D eigenvalue weighted by Gasteiger charge is -2.01. The van der Waals surface area contributed by atoms with Gasteiger partial charge in [0.15, 0.2) is 5.82 Å². The first-order valence-corrected chi connectivity index (χ1v) is 6.62. The molecule has 4 heteroatoms. The van der Waals surface area contributed by atoms with Crippen LogP contribution in [0.1, 0.15) is 19.2 Å². The Bertz CT molecular complexity index is 465. The minimum absolute atomic E-state index is 0.799. The van der Waals surface area contributed by atoms with E-state index in [1.807, 2.05) is 12.1 Å². The predicted octanol–water partition coefficient (Wildman–Crippen LogP) is 3.15. The van der Waals surface area contributed by atoms with Crippen LogP contribution in [0.2, 0.25) is 0 Å². The zero-order valence-corrected chi connectivity index (χ0v) is 10.3. The number of rotatable bonds is 4. The summed E-state index contributed by atoms with van der Waals surface area (Å²) in [6.07, 6.45) is 4.10. The summed E-state index contributed by atoms with van der Waals surface area (Å²) in [7, 11) is 0. The number of aromatic nitrogens is 3. The Morgan fingerprint density at radius 1 is 1.31 bits per heavy atom. The lowest BCUT2D eigenvalue weighted by atomic mass is 10.2. The van der Waals surface area contributed by atoms with Gasteiger partial charge in [-0.05, 0) is 24.8 Å². The van der Waals surface area contributed by atoms with Crippen LogP contribution in [-0.2, 0) is 6.42 Å². The highest BCUT2D eigenvalue weighted by Gasteiger charge is 2.08. The molecule has 0 saturated heterocycles. The number of hydrogen-bond acceptors (Lipinski definition) is 3. The number of aromatic amines is 1. The van der Waals surface area contributed by atoms with E-state index in [9.17, 15) is 0 Å². The molecular formula is C12H15N3S. The molecule has 0 saturated carbocycles. The van der Waals surface area contributed by atoms with Gasteiger partial charge in [-0.2, -0.15) is 5.10 Å². The molecule has 16 heavy (non-hydrogen) atoms. The monoisotopic (exact) mass is 233 g/mol. The zero-order chi connectivity index (χ0) is 11.4. The summed E-state index contributed by atoms with van der Waals surface area (Å²) in [5.74, 6) is 1.77. The maximum atomic E-state index is 4.50. The summed E-state index contributed by atoms with van der Waals surface area (Å²) in [4.78, 5) is 5.71. The van der Waals surface area contributed by atoms with Gasteiger partial charge in [0.2, 0.25) is 0 Å². The molecule has 0 unspecified atom stereocenters. The van der Waals surface area contributed by atoms with Crippen LogP contribution in [-0.4, -0.2) is 21.4 Å². The summed E-state index contributed by atoms with van der Waals surface area (Å²) in [5, 5.41) is 7.25. The minimum atomic E-state index is 0.799. The molecule has 1 aromatic carbocycles. The predicted molar refractivity (Wildman–Crippen MR) is 67.6 cm³/mol. The van der Waals surface area contributed by atoms with E-state index >= 15 is 0 Å². The van der Waals surface area contributed by atoms with Crippen molar-refractivity contribution in [1.29, 1.82) is 0 Å². The Labute approximate surface area is 99.7 Å². The molecule has 1 heterocycles. The van der Waals surface area contributed by atoms with Gasteiger partial charge in [-0.3, -0.25) is 5.10 Å². The van der Waals surface area contributed by atoms with Crippen molar-refractivity contribution in [2.45, 2.75) is 24.7 Å². The van der Waals surface area contributed by atoms with E-state index in [2.05, 4.69) is 40.5 Å². The van der Waals surface area contributed by atoms with E-state index in [1.165, 1.54) is 4.90 Å². The third kappa shape index (κ3) is 2.27. The molecule has 3 nitrogen and oxygen atoms in total. The highest BCUT2D eigenvalue weighted by Crippen LogP contribution is 2.27. The average molecular weight is 233 g/mol. The van der Waals surface area contributed by atoms with E-state index < -0.39 is 0 Å². The highest BCUT2D eigenvalue weighted by atomic mass is 32.2. The Balaban J connectivity index is 2.34. The molecule has 0 fully saturated rings. The van der Waals surface area contributed by atoms with Crippen LogP contribution in [0.4, 0.5) is 0 Å². The van der Waals surface area contributed by atoms with E-state index in [1.54, 1.807) is 11.8 Å². The van der Waals surface area contributed by atoms with Gasteiger partial charge in [-0.25, -0.2) is 4.98 Å². The second-order valence-electron chi connectivity index (χ2n) is 3.56. The van der Waals surface area contributed by atoms with E-state index in [-0.39, 0.29) is 0 Å². The number of H-pyrrole nitrogens is 1. The fraction of sp³-hybridized carbons (Fsp3) is 0.333. The van der Waals surface area contributed by atoms with Gasteiger partial charge in [-0.15, -0.1) is 11.8 Å². The number of thioether (sulfide) groups is 1. The number of aryl methyl sites for hydroxylation is 1. The molecule has 0 amide bonds. The molecule has 0 aliphatic heterocycles. The van der Waals surface area contributed by atoms with Crippen molar-refractivity contribution in [2.75, 3.05) is 6.26 Å². The first-order chi connectivity index (χ1) is 7.85. The maximum Gasteiger partial charge on any atom is 0.182 e. The average Bonchev–Trinajstić information content (AvgIpc) is 2.78. The Morgan fingerprint density at radius 2 is 2.12 bits per heavy atom. The number of nitrogens with one attached hydrogen (secondary N) is 1. The second-order valence-corrected chi connectivity index (χ2v) is 4.40. The molecular weight excluding hydrogens is 218 g/mol. The lowest BCUT2D eigenvalue weighted by molar-refractivity contribution is 0.841.